The zero-order chi connectivity index (χ0) is 23.9. The van der Waals surface area contributed by atoms with E-state index in [1.165, 1.54) is 0 Å². The van der Waals surface area contributed by atoms with Gasteiger partial charge in [0.05, 0.1) is 13.2 Å². The van der Waals surface area contributed by atoms with Crippen molar-refractivity contribution in [2.75, 3.05) is 13.2 Å². The predicted molar refractivity (Wildman–Crippen MR) is 136 cm³/mol. The Balaban J connectivity index is 1.21. The lowest BCUT2D eigenvalue weighted by Crippen LogP contribution is -2.24. The van der Waals surface area contributed by atoms with Crippen LogP contribution in [0.1, 0.15) is 68.9 Å². The maximum absolute atomic E-state index is 13.2. The lowest BCUT2D eigenvalue weighted by atomic mass is 9.87. The van der Waals surface area contributed by atoms with Crippen LogP contribution in [0.2, 0.25) is 0 Å². The number of hydrogen-bond acceptors (Lipinski definition) is 5. The maximum atomic E-state index is 13.2. The van der Waals surface area contributed by atoms with Crippen molar-refractivity contribution in [1.82, 2.24) is 0 Å². The fourth-order valence-corrected chi connectivity index (χ4v) is 4.78. The van der Waals surface area contributed by atoms with Crippen molar-refractivity contribution in [3.8, 4) is 11.5 Å². The van der Waals surface area contributed by atoms with Crippen LogP contribution in [0.4, 0.5) is 0 Å². The van der Waals surface area contributed by atoms with Crippen LogP contribution in [0.15, 0.2) is 59.7 Å². The van der Waals surface area contributed by atoms with Gasteiger partial charge in [0.25, 0.3) is 0 Å². The molecule has 2 aromatic rings. The highest BCUT2D eigenvalue weighted by atomic mass is 16.7. The molecule has 2 saturated heterocycles. The van der Waals surface area contributed by atoms with E-state index in [9.17, 15) is 4.79 Å². The van der Waals surface area contributed by atoms with Gasteiger partial charge in [0.1, 0.15) is 11.5 Å². The summed E-state index contributed by atoms with van der Waals surface area (Å²) >= 11 is 0. The average molecular weight is 475 g/mol. The van der Waals surface area contributed by atoms with E-state index in [0.717, 1.165) is 105 Å². The maximum Gasteiger partial charge on any atom is 0.199 e. The minimum atomic E-state index is -0.151. The van der Waals surface area contributed by atoms with Gasteiger partial charge in [0.2, 0.25) is 0 Å². The summed E-state index contributed by atoms with van der Waals surface area (Å²) in [5.74, 6) is 1.75. The van der Waals surface area contributed by atoms with Crippen LogP contribution in [0.25, 0.3) is 12.2 Å². The Morgan fingerprint density at radius 3 is 1.49 bits per heavy atom. The van der Waals surface area contributed by atoms with Crippen LogP contribution in [0, 0.1) is 0 Å². The fourth-order valence-electron chi connectivity index (χ4n) is 4.78. The van der Waals surface area contributed by atoms with Gasteiger partial charge in [0, 0.05) is 24.0 Å². The first kappa shape index (κ1) is 23.8. The van der Waals surface area contributed by atoms with E-state index in [4.69, 9.17) is 18.9 Å². The highest BCUT2D eigenvalue weighted by Gasteiger charge is 2.21. The minimum absolute atomic E-state index is 0.142. The van der Waals surface area contributed by atoms with Crippen LogP contribution < -0.4 is 9.47 Å². The van der Waals surface area contributed by atoms with Crippen molar-refractivity contribution < 1.29 is 23.7 Å². The molecule has 3 aliphatic rings. The van der Waals surface area contributed by atoms with E-state index in [2.05, 4.69) is 0 Å². The largest absolute Gasteiger partial charge is 0.465 e. The molecule has 2 unspecified atom stereocenters. The zero-order valence-electron chi connectivity index (χ0n) is 20.2. The number of ether oxygens (including phenoxy) is 4. The summed E-state index contributed by atoms with van der Waals surface area (Å²) in [5, 5.41) is 0. The fraction of sp³-hybridized carbons (Fsp3) is 0.433. The highest BCUT2D eigenvalue weighted by Crippen LogP contribution is 2.29. The molecule has 2 atom stereocenters. The summed E-state index contributed by atoms with van der Waals surface area (Å²) in [6.45, 7) is 1.53. The normalized spacial score (nSPS) is 25.5. The molecule has 5 rings (SSSR count). The molecule has 35 heavy (non-hydrogen) atoms. The summed E-state index contributed by atoms with van der Waals surface area (Å²) in [7, 11) is 0. The molecule has 0 spiro atoms. The molecule has 184 valence electrons. The van der Waals surface area contributed by atoms with Crippen LogP contribution in [-0.4, -0.2) is 31.6 Å². The van der Waals surface area contributed by atoms with Gasteiger partial charge >= 0.3 is 0 Å². The molecule has 0 amide bonds. The lowest BCUT2D eigenvalue weighted by Gasteiger charge is -2.23. The molecule has 2 aliphatic heterocycles. The molecule has 1 saturated carbocycles. The summed E-state index contributed by atoms with van der Waals surface area (Å²) in [6, 6.07) is 15.8. The molecular formula is C30H34O5. The van der Waals surface area contributed by atoms with E-state index in [1.807, 2.05) is 60.7 Å². The van der Waals surface area contributed by atoms with E-state index in [0.29, 0.717) is 0 Å². The highest BCUT2D eigenvalue weighted by molar-refractivity contribution is 6.13. The van der Waals surface area contributed by atoms with Gasteiger partial charge in [-0.25, -0.2) is 0 Å². The summed E-state index contributed by atoms with van der Waals surface area (Å²) in [4.78, 5) is 13.2. The van der Waals surface area contributed by atoms with Crippen molar-refractivity contribution in [3.63, 3.8) is 0 Å². The number of carbonyl (C=O) groups is 1. The van der Waals surface area contributed by atoms with Crippen LogP contribution in [-0.2, 0) is 14.3 Å². The Bertz CT molecular complexity index is 956. The molecule has 1 aliphatic carbocycles. The molecule has 0 N–H and O–H groups in total. The second-order valence-corrected chi connectivity index (χ2v) is 9.49. The van der Waals surface area contributed by atoms with Gasteiger partial charge in [-0.3, -0.25) is 4.79 Å². The summed E-state index contributed by atoms with van der Waals surface area (Å²) in [5.41, 5.74) is 3.75. The lowest BCUT2D eigenvalue weighted by molar-refractivity contribution is -0.112. The van der Waals surface area contributed by atoms with Gasteiger partial charge in [-0.1, -0.05) is 24.3 Å². The topological polar surface area (TPSA) is 54.0 Å². The number of hydrogen-bond donors (Lipinski definition) is 0. The first-order valence-corrected chi connectivity index (χ1v) is 13.0. The zero-order valence-corrected chi connectivity index (χ0v) is 20.2. The minimum Gasteiger partial charge on any atom is -0.465 e. The monoisotopic (exact) mass is 474 g/mol. The summed E-state index contributed by atoms with van der Waals surface area (Å²) in [6.07, 6.45) is 12.7. The van der Waals surface area contributed by atoms with Crippen molar-refractivity contribution >= 4 is 17.9 Å². The first-order chi connectivity index (χ1) is 17.2. The van der Waals surface area contributed by atoms with Gasteiger partial charge in [-0.15, -0.1) is 0 Å². The van der Waals surface area contributed by atoms with Crippen LogP contribution >= 0.6 is 0 Å². The Labute approximate surface area is 207 Å². The molecule has 0 bridgehead atoms. The molecule has 2 aromatic carbocycles. The van der Waals surface area contributed by atoms with E-state index in [1.54, 1.807) is 0 Å². The van der Waals surface area contributed by atoms with E-state index in [-0.39, 0.29) is 18.4 Å². The van der Waals surface area contributed by atoms with Crippen molar-refractivity contribution in [1.29, 1.82) is 0 Å². The third-order valence-corrected chi connectivity index (χ3v) is 6.73. The Hall–Kier alpha value is -2.89. The SMILES string of the molecule is O=C1/C(=C/c2ccc(OC3CCCCO3)cc2)CCC/C1=C\c1ccc(OC2CCCCO2)cc1. The second kappa shape index (κ2) is 11.7. The molecule has 2 heterocycles. The van der Waals surface area contributed by atoms with E-state index < -0.39 is 0 Å². The number of rotatable bonds is 6. The Morgan fingerprint density at radius 1 is 0.629 bits per heavy atom. The van der Waals surface area contributed by atoms with Crippen molar-refractivity contribution in [3.05, 3.63) is 70.8 Å². The first-order valence-electron chi connectivity index (χ1n) is 13.0. The Kier molecular flexibility index (Phi) is 7.96. The van der Waals surface area contributed by atoms with Crippen molar-refractivity contribution in [2.45, 2.75) is 70.4 Å². The number of benzene rings is 2. The molecule has 5 heteroatoms. The standard InChI is InChI=1S/C30H34O5/c31-30-24(20-22-10-14-26(15-11-22)34-28-8-1-3-18-32-28)6-5-7-25(30)21-23-12-16-27(17-13-23)35-29-9-2-4-19-33-29/h10-17,20-21,28-29H,1-9,18-19H2/b24-20+,25-21+. The quantitative estimate of drug-likeness (QED) is 0.435. The number of Topliss-reactive ketones (excluding diaryl/α,β-unsaturated/α-hetero) is 1. The molecule has 0 radical (unpaired) electrons. The Morgan fingerprint density at radius 2 is 1.09 bits per heavy atom. The number of ketones is 1. The van der Waals surface area contributed by atoms with Gasteiger partial charge in [-0.2, -0.15) is 0 Å². The second-order valence-electron chi connectivity index (χ2n) is 9.49. The van der Waals surface area contributed by atoms with E-state index >= 15 is 0 Å². The predicted octanol–water partition coefficient (Wildman–Crippen LogP) is 6.72. The molecular weight excluding hydrogens is 440 g/mol. The molecule has 3 fully saturated rings. The summed E-state index contributed by atoms with van der Waals surface area (Å²) < 4.78 is 23.1. The third-order valence-electron chi connectivity index (χ3n) is 6.73. The van der Waals surface area contributed by atoms with Gasteiger partial charge in [-0.05, 0) is 92.5 Å². The van der Waals surface area contributed by atoms with Gasteiger partial charge in [0.15, 0.2) is 18.4 Å². The van der Waals surface area contributed by atoms with Crippen molar-refractivity contribution in [2.24, 2.45) is 0 Å². The van der Waals surface area contributed by atoms with Crippen LogP contribution in [0.3, 0.4) is 0 Å². The molecule has 5 nitrogen and oxygen atoms in total. The number of carbonyl (C=O) groups excluding carboxylic acids is 1. The number of allylic oxidation sites excluding steroid dienone is 2. The van der Waals surface area contributed by atoms with Gasteiger partial charge < -0.3 is 18.9 Å². The smallest absolute Gasteiger partial charge is 0.199 e. The average Bonchev–Trinajstić information content (AvgIpc) is 2.90. The van der Waals surface area contributed by atoms with Crippen LogP contribution in [0.5, 0.6) is 11.5 Å². The molecule has 0 aromatic heterocycles. The third kappa shape index (κ3) is 6.62.